The molecule has 0 bridgehead atoms. The van der Waals surface area contributed by atoms with Crippen LogP contribution in [0.5, 0.6) is 11.5 Å². The first-order valence-electron chi connectivity index (χ1n) is 16.3. The van der Waals surface area contributed by atoms with Crippen LogP contribution in [-0.4, -0.2) is 79.2 Å². The maximum absolute atomic E-state index is 13.4. The summed E-state index contributed by atoms with van der Waals surface area (Å²) in [6, 6.07) is 8.25. The van der Waals surface area contributed by atoms with Crippen molar-refractivity contribution in [3.8, 4) is 11.5 Å². The average molecular weight is 727 g/mol. The molecule has 6 rings (SSSR count). The van der Waals surface area contributed by atoms with E-state index in [1.807, 2.05) is 6.92 Å². The Labute approximate surface area is 299 Å². The van der Waals surface area contributed by atoms with Gasteiger partial charge in [-0.3, -0.25) is 39.2 Å². The van der Waals surface area contributed by atoms with Crippen molar-refractivity contribution in [3.63, 3.8) is 0 Å². The first-order chi connectivity index (χ1) is 25.3. The van der Waals surface area contributed by atoms with Gasteiger partial charge in [-0.1, -0.05) is 12.2 Å². The van der Waals surface area contributed by atoms with E-state index in [2.05, 4.69) is 30.8 Å². The van der Waals surface area contributed by atoms with Gasteiger partial charge in [0.2, 0.25) is 23.7 Å². The van der Waals surface area contributed by atoms with Crippen LogP contribution in [0.2, 0.25) is 0 Å². The zero-order valence-electron chi connectivity index (χ0n) is 28.8. The number of imidazole rings is 2. The monoisotopic (exact) mass is 726 g/mol. The van der Waals surface area contributed by atoms with E-state index in [4.69, 9.17) is 11.5 Å². The van der Waals surface area contributed by atoms with Gasteiger partial charge in [0.25, 0.3) is 11.8 Å². The number of hydrogen-bond donors (Lipinski definition) is 6. The molecule has 0 fully saturated rings. The maximum Gasteiger partial charge on any atom is 0.276 e. The van der Waals surface area contributed by atoms with Crippen molar-refractivity contribution >= 4 is 57.6 Å². The molecule has 0 spiro atoms. The molecule has 4 amide bonds. The summed E-state index contributed by atoms with van der Waals surface area (Å²) >= 11 is 0. The van der Waals surface area contributed by atoms with Gasteiger partial charge in [0.05, 0.1) is 29.0 Å². The van der Waals surface area contributed by atoms with E-state index in [-0.39, 0.29) is 87.6 Å². The number of fused-ring (bicyclic) bond motifs is 2. The van der Waals surface area contributed by atoms with Crippen molar-refractivity contribution in [3.05, 3.63) is 82.5 Å². The highest BCUT2D eigenvalue weighted by Gasteiger charge is 2.23. The van der Waals surface area contributed by atoms with Crippen LogP contribution in [0.4, 0.5) is 16.3 Å². The van der Waals surface area contributed by atoms with Crippen molar-refractivity contribution in [2.24, 2.45) is 11.5 Å². The standard InChI is InChI=1S/C34H35FN12O6/c1-4-46-23(11-17(2)42-46)31(52)40-33-38-21-13-19(29(36)50)15-25(48)27(21)44(33)8-5-6-9-45-28-22(14-20(30(37)51)16-26(28)49)39-34(45)41-32(53)24-12-18(3)43-47(24)10-7-35/h5-6,11-16,48-49H,4,7-10H2,1-3H3,(H2,36,50)(H2,37,51)(H,38,40,52)(H,39,41,53)/b6-5+. The lowest BCUT2D eigenvalue weighted by Crippen LogP contribution is -2.20. The molecule has 19 heteroatoms. The van der Waals surface area contributed by atoms with E-state index in [9.17, 15) is 33.8 Å². The SMILES string of the molecule is CCn1nc(C)cc1C(=O)Nc1nc2cc(C(N)=O)cc(O)c2n1C/C=C/Cn1c(NC(=O)c2cc(C)nn2CCF)nc2cc(C(N)=O)cc(O)c21. The number of aromatic hydroxyl groups is 2. The van der Waals surface area contributed by atoms with Gasteiger partial charge >= 0.3 is 0 Å². The van der Waals surface area contributed by atoms with Gasteiger partial charge in [-0.05, 0) is 57.2 Å². The van der Waals surface area contributed by atoms with Gasteiger partial charge < -0.3 is 30.8 Å². The molecule has 0 aliphatic rings. The van der Waals surface area contributed by atoms with Gasteiger partial charge in [0, 0.05) is 30.8 Å². The number of nitrogens with two attached hydrogens (primary N) is 2. The molecule has 4 aromatic heterocycles. The van der Waals surface area contributed by atoms with Crippen molar-refractivity contribution < 1.29 is 33.8 Å². The number of nitrogens with one attached hydrogen (secondary N) is 2. The number of benzene rings is 2. The smallest absolute Gasteiger partial charge is 0.276 e. The first-order valence-corrected chi connectivity index (χ1v) is 16.3. The zero-order chi connectivity index (χ0) is 38.1. The third-order valence-electron chi connectivity index (χ3n) is 8.27. The topological polar surface area (TPSA) is 256 Å². The second kappa shape index (κ2) is 14.3. The van der Waals surface area contributed by atoms with E-state index < -0.39 is 30.3 Å². The summed E-state index contributed by atoms with van der Waals surface area (Å²) < 4.78 is 18.9. The molecule has 274 valence electrons. The normalized spacial score (nSPS) is 11.5. The van der Waals surface area contributed by atoms with E-state index in [0.717, 1.165) is 0 Å². The maximum atomic E-state index is 13.4. The van der Waals surface area contributed by atoms with Crippen LogP contribution in [0.15, 0.2) is 48.6 Å². The highest BCUT2D eigenvalue weighted by Crippen LogP contribution is 2.32. The van der Waals surface area contributed by atoms with Crippen LogP contribution in [0.1, 0.15) is 60.0 Å². The van der Waals surface area contributed by atoms with E-state index in [1.165, 1.54) is 48.8 Å². The summed E-state index contributed by atoms with van der Waals surface area (Å²) in [6.07, 6.45) is 3.34. The number of alkyl halides is 1. The molecule has 0 saturated heterocycles. The first kappa shape index (κ1) is 35.8. The van der Waals surface area contributed by atoms with Crippen LogP contribution in [0.3, 0.4) is 0 Å². The number of phenolic OH excluding ortho intramolecular Hbond substituents is 2. The quantitative estimate of drug-likeness (QED) is 0.0949. The summed E-state index contributed by atoms with van der Waals surface area (Å²) in [6.45, 7) is 4.81. The molecular formula is C34H35FN12O6. The molecule has 6 aromatic rings. The van der Waals surface area contributed by atoms with Crippen molar-refractivity contribution in [1.29, 1.82) is 0 Å². The molecule has 53 heavy (non-hydrogen) atoms. The number of aryl methyl sites for hydroxylation is 4. The van der Waals surface area contributed by atoms with Gasteiger partial charge in [0.15, 0.2) is 0 Å². The molecule has 2 aromatic carbocycles. The second-order valence-corrected chi connectivity index (χ2v) is 12.0. The number of aromatic nitrogens is 8. The van der Waals surface area contributed by atoms with Crippen LogP contribution in [0, 0.1) is 13.8 Å². The molecule has 0 aliphatic carbocycles. The van der Waals surface area contributed by atoms with Gasteiger partial charge in [0.1, 0.15) is 40.6 Å². The minimum atomic E-state index is -0.802. The lowest BCUT2D eigenvalue weighted by atomic mass is 10.1. The third kappa shape index (κ3) is 6.99. The summed E-state index contributed by atoms with van der Waals surface area (Å²) in [7, 11) is 0. The Balaban J connectivity index is 1.36. The number of carbonyl (C=O) groups is 4. The number of hydrogen-bond acceptors (Lipinski definition) is 10. The van der Waals surface area contributed by atoms with Crippen LogP contribution in [0.25, 0.3) is 22.1 Å². The summed E-state index contributed by atoms with van der Waals surface area (Å²) in [5, 5.41) is 35.8. The lowest BCUT2D eigenvalue weighted by molar-refractivity contribution is 0.0991. The molecule has 0 unspecified atom stereocenters. The van der Waals surface area contributed by atoms with Crippen molar-refractivity contribution in [1.82, 2.24) is 38.7 Å². The molecule has 4 heterocycles. The van der Waals surface area contributed by atoms with Gasteiger partial charge in [-0.15, -0.1) is 0 Å². The highest BCUT2D eigenvalue weighted by atomic mass is 19.1. The van der Waals surface area contributed by atoms with E-state index in [1.54, 1.807) is 32.1 Å². The zero-order valence-corrected chi connectivity index (χ0v) is 28.8. The van der Waals surface area contributed by atoms with Gasteiger partial charge in [-0.2, -0.15) is 10.2 Å². The molecule has 8 N–H and O–H groups in total. The summed E-state index contributed by atoms with van der Waals surface area (Å²) in [5.74, 6) is -3.36. The fourth-order valence-corrected chi connectivity index (χ4v) is 5.96. The average Bonchev–Trinajstić information content (AvgIpc) is 3.86. The Morgan fingerprint density at radius 2 is 1.17 bits per heavy atom. The molecular weight excluding hydrogens is 691 g/mol. The second-order valence-electron chi connectivity index (χ2n) is 12.0. The predicted molar refractivity (Wildman–Crippen MR) is 190 cm³/mol. The highest BCUT2D eigenvalue weighted by molar-refractivity contribution is 6.05. The summed E-state index contributed by atoms with van der Waals surface area (Å²) in [4.78, 5) is 59.6. The molecule has 0 radical (unpaired) electrons. The van der Waals surface area contributed by atoms with Crippen LogP contribution >= 0.6 is 0 Å². The number of rotatable bonds is 13. The molecule has 0 atom stereocenters. The fourth-order valence-electron chi connectivity index (χ4n) is 5.96. The van der Waals surface area contributed by atoms with Crippen LogP contribution in [-0.2, 0) is 26.2 Å². The van der Waals surface area contributed by atoms with E-state index in [0.29, 0.717) is 17.9 Å². The minimum Gasteiger partial charge on any atom is -0.506 e. The largest absolute Gasteiger partial charge is 0.506 e. The number of carbonyl (C=O) groups excluding carboxylic acids is 4. The fraction of sp³-hybridized carbons (Fsp3) is 0.235. The third-order valence-corrected chi connectivity index (χ3v) is 8.27. The van der Waals surface area contributed by atoms with Crippen LogP contribution < -0.4 is 22.1 Å². The lowest BCUT2D eigenvalue weighted by Gasteiger charge is -2.11. The minimum absolute atomic E-state index is 0.000545. The number of allylic oxidation sites excluding steroid dienone is 2. The molecule has 0 aliphatic heterocycles. The number of anilines is 2. The van der Waals surface area contributed by atoms with Crippen molar-refractivity contribution in [2.75, 3.05) is 17.3 Å². The summed E-state index contributed by atoms with van der Waals surface area (Å²) in [5.41, 5.74) is 13.1. The number of nitrogens with zero attached hydrogens (tertiary/aromatic N) is 8. The molecule has 18 nitrogen and oxygen atoms in total. The van der Waals surface area contributed by atoms with Gasteiger partial charge in [-0.25, -0.2) is 14.4 Å². The predicted octanol–water partition coefficient (Wildman–Crippen LogP) is 2.76. The number of amides is 4. The number of halogens is 1. The Morgan fingerprint density at radius 3 is 1.58 bits per heavy atom. The van der Waals surface area contributed by atoms with Crippen molar-refractivity contribution in [2.45, 2.75) is 47.0 Å². The molecule has 0 saturated carbocycles. The Bertz CT molecular complexity index is 2470. The number of phenols is 2. The Kier molecular flexibility index (Phi) is 9.64. The van der Waals surface area contributed by atoms with E-state index >= 15 is 0 Å². The number of primary amides is 2. The Morgan fingerprint density at radius 1 is 0.736 bits per heavy atom. The Hall–Kier alpha value is -7.05.